The van der Waals surface area contributed by atoms with Crippen molar-refractivity contribution in [2.24, 2.45) is 5.92 Å². The predicted octanol–water partition coefficient (Wildman–Crippen LogP) is 2.10. The van der Waals surface area contributed by atoms with Gasteiger partial charge in [-0.25, -0.2) is 0 Å². The molecule has 0 aliphatic heterocycles. The fourth-order valence-corrected chi connectivity index (χ4v) is 3.45. The largest absolute Gasteiger partial charge is 0.481 e. The first-order chi connectivity index (χ1) is 9.61. The SMILES string of the molecule is CCn1c(SCC(=O)O)nnc1N(C)CC1CCCC1. The van der Waals surface area contributed by atoms with E-state index in [9.17, 15) is 4.79 Å². The van der Waals surface area contributed by atoms with Gasteiger partial charge in [0.15, 0.2) is 5.16 Å². The van der Waals surface area contributed by atoms with Gasteiger partial charge in [-0.15, -0.1) is 10.2 Å². The standard InChI is InChI=1S/C13H22N4O2S/c1-3-17-12(14-15-13(17)20-9-11(18)19)16(2)8-10-6-4-5-7-10/h10H,3-9H2,1-2H3,(H,18,19). The van der Waals surface area contributed by atoms with E-state index in [1.807, 2.05) is 18.5 Å². The summed E-state index contributed by atoms with van der Waals surface area (Å²) < 4.78 is 1.99. The van der Waals surface area contributed by atoms with Gasteiger partial charge in [-0.1, -0.05) is 24.6 Å². The summed E-state index contributed by atoms with van der Waals surface area (Å²) in [5, 5.41) is 17.8. The highest BCUT2D eigenvalue weighted by molar-refractivity contribution is 7.99. The van der Waals surface area contributed by atoms with Crippen molar-refractivity contribution in [2.75, 3.05) is 24.2 Å². The Kier molecular flexibility index (Phi) is 5.28. The van der Waals surface area contributed by atoms with Gasteiger partial charge in [-0.2, -0.15) is 0 Å². The van der Waals surface area contributed by atoms with E-state index in [2.05, 4.69) is 15.1 Å². The Labute approximate surface area is 123 Å². The van der Waals surface area contributed by atoms with E-state index in [-0.39, 0.29) is 5.75 Å². The molecule has 0 unspecified atom stereocenters. The van der Waals surface area contributed by atoms with Crippen LogP contribution in [0.4, 0.5) is 5.95 Å². The molecule has 112 valence electrons. The van der Waals surface area contributed by atoms with Gasteiger partial charge in [-0.05, 0) is 25.7 Å². The van der Waals surface area contributed by atoms with Gasteiger partial charge >= 0.3 is 5.97 Å². The van der Waals surface area contributed by atoms with Gasteiger partial charge in [0.2, 0.25) is 5.95 Å². The van der Waals surface area contributed by atoms with Crippen LogP contribution in [-0.2, 0) is 11.3 Å². The van der Waals surface area contributed by atoms with Crippen LogP contribution in [0, 0.1) is 5.92 Å². The minimum Gasteiger partial charge on any atom is -0.481 e. The maximum absolute atomic E-state index is 10.7. The van der Waals surface area contributed by atoms with Crippen LogP contribution in [0.1, 0.15) is 32.6 Å². The molecule has 0 amide bonds. The second-order valence-electron chi connectivity index (χ2n) is 5.24. The summed E-state index contributed by atoms with van der Waals surface area (Å²) in [6.45, 7) is 3.78. The summed E-state index contributed by atoms with van der Waals surface area (Å²) in [7, 11) is 2.04. The van der Waals surface area contributed by atoms with Crippen LogP contribution in [0.5, 0.6) is 0 Å². The van der Waals surface area contributed by atoms with Crippen LogP contribution >= 0.6 is 11.8 Å². The highest BCUT2D eigenvalue weighted by atomic mass is 32.2. The molecule has 1 aliphatic carbocycles. The van der Waals surface area contributed by atoms with Crippen molar-refractivity contribution in [3.8, 4) is 0 Å². The zero-order valence-electron chi connectivity index (χ0n) is 12.1. The van der Waals surface area contributed by atoms with E-state index in [1.165, 1.54) is 37.4 Å². The van der Waals surface area contributed by atoms with Crippen molar-refractivity contribution >= 4 is 23.7 Å². The van der Waals surface area contributed by atoms with Crippen LogP contribution in [0.15, 0.2) is 5.16 Å². The number of hydrogen-bond acceptors (Lipinski definition) is 5. The fourth-order valence-electron chi connectivity index (χ4n) is 2.74. The molecule has 1 fully saturated rings. The number of anilines is 1. The number of carboxylic acids is 1. The summed E-state index contributed by atoms with van der Waals surface area (Å²) in [4.78, 5) is 12.8. The monoisotopic (exact) mass is 298 g/mol. The average Bonchev–Trinajstić information content (AvgIpc) is 3.04. The Balaban J connectivity index is 2.04. The molecule has 0 atom stereocenters. The maximum atomic E-state index is 10.7. The second kappa shape index (κ2) is 6.97. The molecule has 0 spiro atoms. The quantitative estimate of drug-likeness (QED) is 0.777. The molecule has 7 heteroatoms. The molecule has 1 aliphatic rings. The number of rotatable bonds is 7. The van der Waals surface area contributed by atoms with Gasteiger partial charge < -0.3 is 10.0 Å². The van der Waals surface area contributed by atoms with Crippen LogP contribution in [0.3, 0.4) is 0 Å². The number of nitrogens with zero attached hydrogens (tertiary/aromatic N) is 4. The third kappa shape index (κ3) is 3.65. The Morgan fingerprint density at radius 2 is 2.15 bits per heavy atom. The minimum atomic E-state index is -0.832. The lowest BCUT2D eigenvalue weighted by Crippen LogP contribution is -2.27. The number of carboxylic acid groups (broad SMARTS) is 1. The zero-order chi connectivity index (χ0) is 14.5. The van der Waals surface area contributed by atoms with Gasteiger partial charge in [0.1, 0.15) is 0 Å². The topological polar surface area (TPSA) is 71.2 Å². The smallest absolute Gasteiger partial charge is 0.313 e. The van der Waals surface area contributed by atoms with E-state index in [1.54, 1.807) is 0 Å². The van der Waals surface area contributed by atoms with Crippen molar-refractivity contribution in [1.82, 2.24) is 14.8 Å². The second-order valence-corrected chi connectivity index (χ2v) is 6.18. The molecule has 1 saturated carbocycles. The molecule has 1 aromatic heterocycles. The first kappa shape index (κ1) is 15.2. The van der Waals surface area contributed by atoms with E-state index < -0.39 is 5.97 Å². The molecule has 2 rings (SSSR count). The van der Waals surface area contributed by atoms with Crippen molar-refractivity contribution in [2.45, 2.75) is 44.3 Å². The lowest BCUT2D eigenvalue weighted by atomic mass is 10.1. The predicted molar refractivity (Wildman–Crippen MR) is 79.3 cm³/mol. The Bertz CT molecular complexity index is 457. The summed E-state index contributed by atoms with van der Waals surface area (Å²) in [5.74, 6) is 0.774. The van der Waals surface area contributed by atoms with Crippen molar-refractivity contribution in [3.05, 3.63) is 0 Å². The third-order valence-corrected chi connectivity index (χ3v) is 4.64. The van der Waals surface area contributed by atoms with Crippen LogP contribution in [0.25, 0.3) is 0 Å². The Hall–Kier alpha value is -1.24. The number of thioether (sulfide) groups is 1. The van der Waals surface area contributed by atoms with Crippen molar-refractivity contribution in [3.63, 3.8) is 0 Å². The van der Waals surface area contributed by atoms with E-state index in [0.717, 1.165) is 25.0 Å². The van der Waals surface area contributed by atoms with Crippen LogP contribution < -0.4 is 4.90 Å². The first-order valence-corrected chi connectivity index (χ1v) is 8.09. The van der Waals surface area contributed by atoms with Gasteiger partial charge in [0.25, 0.3) is 0 Å². The van der Waals surface area contributed by atoms with Crippen LogP contribution in [0.2, 0.25) is 0 Å². The van der Waals surface area contributed by atoms with E-state index >= 15 is 0 Å². The summed E-state index contributed by atoms with van der Waals surface area (Å²) >= 11 is 1.22. The summed E-state index contributed by atoms with van der Waals surface area (Å²) in [6, 6.07) is 0. The zero-order valence-corrected chi connectivity index (χ0v) is 12.9. The Morgan fingerprint density at radius 3 is 2.75 bits per heavy atom. The fraction of sp³-hybridized carbons (Fsp3) is 0.769. The molecule has 0 bridgehead atoms. The van der Waals surface area contributed by atoms with Gasteiger partial charge in [0.05, 0.1) is 5.75 Å². The highest BCUT2D eigenvalue weighted by Gasteiger charge is 2.21. The molecule has 20 heavy (non-hydrogen) atoms. The first-order valence-electron chi connectivity index (χ1n) is 7.10. The lowest BCUT2D eigenvalue weighted by molar-refractivity contribution is -0.133. The number of hydrogen-bond donors (Lipinski definition) is 1. The van der Waals surface area contributed by atoms with Gasteiger partial charge in [0, 0.05) is 20.1 Å². The van der Waals surface area contributed by atoms with Crippen LogP contribution in [-0.4, -0.2) is 45.2 Å². The molecule has 1 N–H and O–H groups in total. The number of aliphatic carboxylic acids is 1. The molecule has 1 heterocycles. The van der Waals surface area contributed by atoms with Gasteiger partial charge in [-0.3, -0.25) is 9.36 Å². The highest BCUT2D eigenvalue weighted by Crippen LogP contribution is 2.27. The van der Waals surface area contributed by atoms with Crippen molar-refractivity contribution < 1.29 is 9.90 Å². The lowest BCUT2D eigenvalue weighted by Gasteiger charge is -2.22. The third-order valence-electron chi connectivity index (χ3n) is 3.69. The molecule has 1 aromatic rings. The van der Waals surface area contributed by atoms with E-state index in [4.69, 9.17) is 5.11 Å². The minimum absolute atomic E-state index is 0.0183. The molecule has 0 saturated heterocycles. The Morgan fingerprint density at radius 1 is 1.45 bits per heavy atom. The molecular weight excluding hydrogens is 276 g/mol. The average molecular weight is 298 g/mol. The molecule has 6 nitrogen and oxygen atoms in total. The normalized spacial score (nSPS) is 15.7. The molecule has 0 aromatic carbocycles. The molecular formula is C13H22N4O2S. The van der Waals surface area contributed by atoms with Crippen molar-refractivity contribution in [1.29, 1.82) is 0 Å². The summed E-state index contributed by atoms with van der Waals surface area (Å²) in [5.41, 5.74) is 0. The number of aromatic nitrogens is 3. The molecule has 0 radical (unpaired) electrons. The summed E-state index contributed by atoms with van der Waals surface area (Å²) in [6.07, 6.45) is 5.26. The number of carbonyl (C=O) groups is 1. The van der Waals surface area contributed by atoms with E-state index in [0.29, 0.717) is 5.16 Å². The maximum Gasteiger partial charge on any atom is 0.313 e.